The van der Waals surface area contributed by atoms with E-state index in [9.17, 15) is 31.1 Å². The van der Waals surface area contributed by atoms with Crippen molar-refractivity contribution in [3.8, 4) is 0 Å². The van der Waals surface area contributed by atoms with Crippen LogP contribution in [0.2, 0.25) is 0 Å². The molecule has 0 bridgehead atoms. The molecule has 0 heterocycles. The van der Waals surface area contributed by atoms with Crippen molar-refractivity contribution in [2.75, 3.05) is 6.54 Å². The summed E-state index contributed by atoms with van der Waals surface area (Å²) in [6.07, 6.45) is -7.63. The molecule has 1 aliphatic carbocycles. The van der Waals surface area contributed by atoms with E-state index in [0.29, 0.717) is 18.4 Å². The van der Waals surface area contributed by atoms with Crippen LogP contribution in [0.3, 0.4) is 0 Å². The highest BCUT2D eigenvalue weighted by Gasteiger charge is 2.43. The van der Waals surface area contributed by atoms with E-state index in [-0.39, 0.29) is 6.54 Å². The number of alkyl halides is 6. The van der Waals surface area contributed by atoms with E-state index in [1.165, 1.54) is 12.1 Å². The van der Waals surface area contributed by atoms with Crippen molar-refractivity contribution in [2.45, 2.75) is 37.0 Å². The van der Waals surface area contributed by atoms with Crippen LogP contribution in [-0.4, -0.2) is 18.6 Å². The summed E-state index contributed by atoms with van der Waals surface area (Å²) in [4.78, 5) is 10.9. The van der Waals surface area contributed by atoms with Gasteiger partial charge in [0.1, 0.15) is 0 Å². The van der Waals surface area contributed by atoms with E-state index in [1.807, 2.05) is 5.32 Å². The molecule has 0 unspecified atom stereocenters. The lowest BCUT2D eigenvalue weighted by Crippen LogP contribution is -2.48. The van der Waals surface area contributed by atoms with Gasteiger partial charge in [0.2, 0.25) is 0 Å². The minimum atomic E-state index is -4.97. The molecule has 22 heavy (non-hydrogen) atoms. The number of amides is 1. The maximum atomic E-state index is 12.5. The predicted octanol–water partition coefficient (Wildman–Crippen LogP) is 3.81. The van der Waals surface area contributed by atoms with E-state index in [2.05, 4.69) is 0 Å². The average Bonchev–Trinajstić information content (AvgIpc) is 2.35. The quantitative estimate of drug-likeness (QED) is 0.842. The fraction of sp³-hybridized carbons (Fsp3) is 0.500. The molecule has 1 saturated carbocycles. The van der Waals surface area contributed by atoms with Crippen molar-refractivity contribution < 1.29 is 31.1 Å². The standard InChI is InChI=1S/C14H13F6NO/c15-13(16,17)10-4-2-9(3-5-10)12(6-1-7-12)8-21-11(22)14(18,19)20/h2-5H,1,6-8H2,(H,21,22). The van der Waals surface area contributed by atoms with Crippen LogP contribution in [0.25, 0.3) is 0 Å². The van der Waals surface area contributed by atoms with Crippen LogP contribution in [0, 0.1) is 0 Å². The number of hydrogen-bond donors (Lipinski definition) is 1. The Bertz CT molecular complexity index is 542. The topological polar surface area (TPSA) is 29.1 Å². The van der Waals surface area contributed by atoms with Gasteiger partial charge in [-0.3, -0.25) is 4.79 Å². The largest absolute Gasteiger partial charge is 0.471 e. The smallest absolute Gasteiger partial charge is 0.347 e. The van der Waals surface area contributed by atoms with E-state index >= 15 is 0 Å². The normalized spacial score (nSPS) is 17.7. The van der Waals surface area contributed by atoms with Gasteiger partial charge < -0.3 is 5.32 Å². The van der Waals surface area contributed by atoms with Gasteiger partial charge in [0.05, 0.1) is 5.56 Å². The summed E-state index contributed by atoms with van der Waals surface area (Å²) in [5.74, 6) is -2.04. The van der Waals surface area contributed by atoms with Gasteiger partial charge in [-0.25, -0.2) is 0 Å². The highest BCUT2D eigenvalue weighted by molar-refractivity contribution is 5.81. The molecule has 0 spiro atoms. The molecule has 1 aromatic rings. The Morgan fingerprint density at radius 2 is 1.59 bits per heavy atom. The van der Waals surface area contributed by atoms with E-state index in [0.717, 1.165) is 18.6 Å². The summed E-state index contributed by atoms with van der Waals surface area (Å²) >= 11 is 0. The van der Waals surface area contributed by atoms with E-state index in [1.54, 1.807) is 0 Å². The summed E-state index contributed by atoms with van der Waals surface area (Å²) in [6, 6.07) is 4.34. The highest BCUT2D eigenvalue weighted by Crippen LogP contribution is 2.44. The Morgan fingerprint density at radius 3 is 1.95 bits per heavy atom. The molecule has 0 aromatic heterocycles. The molecule has 8 heteroatoms. The zero-order chi connectivity index (χ0) is 16.6. The lowest BCUT2D eigenvalue weighted by atomic mass is 9.64. The molecule has 0 atom stereocenters. The molecule has 0 aliphatic heterocycles. The third-order valence-corrected chi connectivity index (χ3v) is 3.98. The number of carbonyl (C=O) groups is 1. The number of halogens is 6. The van der Waals surface area contributed by atoms with Crippen LogP contribution >= 0.6 is 0 Å². The first-order valence-electron chi connectivity index (χ1n) is 6.57. The molecule has 1 aromatic carbocycles. The third-order valence-electron chi connectivity index (χ3n) is 3.98. The third kappa shape index (κ3) is 3.36. The lowest BCUT2D eigenvalue weighted by molar-refractivity contribution is -0.174. The molecular formula is C14H13F6NO. The summed E-state index contributed by atoms with van der Waals surface area (Å²) in [5, 5.41) is 1.82. The predicted molar refractivity (Wildman–Crippen MR) is 66.0 cm³/mol. The first-order valence-corrected chi connectivity index (χ1v) is 6.57. The van der Waals surface area contributed by atoms with Crippen molar-refractivity contribution in [2.24, 2.45) is 0 Å². The van der Waals surface area contributed by atoms with E-state index in [4.69, 9.17) is 0 Å². The molecule has 122 valence electrons. The van der Waals surface area contributed by atoms with Crippen LogP contribution in [0.15, 0.2) is 24.3 Å². The van der Waals surface area contributed by atoms with Crippen molar-refractivity contribution in [3.63, 3.8) is 0 Å². The highest BCUT2D eigenvalue weighted by atomic mass is 19.4. The van der Waals surface area contributed by atoms with Gasteiger partial charge in [0.15, 0.2) is 0 Å². The van der Waals surface area contributed by atoms with Gasteiger partial charge in [0, 0.05) is 12.0 Å². The Labute approximate surface area is 122 Å². The minimum Gasteiger partial charge on any atom is -0.347 e. The number of benzene rings is 1. The Kier molecular flexibility index (Phi) is 4.14. The second-order valence-corrected chi connectivity index (χ2v) is 5.39. The summed E-state index contributed by atoms with van der Waals surface area (Å²) in [5.41, 5.74) is -1.02. The molecule has 2 rings (SSSR count). The number of rotatable bonds is 3. The number of hydrogen-bond acceptors (Lipinski definition) is 1. The minimum absolute atomic E-state index is 0.239. The van der Waals surface area contributed by atoms with Crippen molar-refractivity contribution in [1.29, 1.82) is 0 Å². The van der Waals surface area contributed by atoms with Gasteiger partial charge in [-0.2, -0.15) is 26.3 Å². The Balaban J connectivity index is 2.12. The first kappa shape index (κ1) is 16.6. The van der Waals surface area contributed by atoms with Crippen molar-refractivity contribution in [3.05, 3.63) is 35.4 Å². The Hall–Kier alpha value is -1.73. The first-order chi connectivity index (χ1) is 10.0. The molecular weight excluding hydrogens is 312 g/mol. The number of nitrogens with one attached hydrogen (secondary N) is 1. The van der Waals surface area contributed by atoms with Gasteiger partial charge in [0.25, 0.3) is 0 Å². The van der Waals surface area contributed by atoms with Crippen LogP contribution in [0.1, 0.15) is 30.4 Å². The monoisotopic (exact) mass is 325 g/mol. The second-order valence-electron chi connectivity index (χ2n) is 5.39. The summed E-state index contributed by atoms with van der Waals surface area (Å²) in [7, 11) is 0. The lowest BCUT2D eigenvalue weighted by Gasteiger charge is -2.42. The SMILES string of the molecule is O=C(NCC1(c2ccc(C(F)(F)F)cc2)CCC1)C(F)(F)F. The molecule has 1 aliphatic rings. The summed E-state index contributed by atoms with van der Waals surface area (Å²) < 4.78 is 74.1. The zero-order valence-electron chi connectivity index (χ0n) is 11.3. The van der Waals surface area contributed by atoms with Gasteiger partial charge in [-0.1, -0.05) is 18.6 Å². The average molecular weight is 325 g/mol. The van der Waals surface area contributed by atoms with E-state index < -0.39 is 29.2 Å². The molecule has 1 fully saturated rings. The van der Waals surface area contributed by atoms with Crippen molar-refractivity contribution in [1.82, 2.24) is 5.32 Å². The van der Waals surface area contributed by atoms with Crippen molar-refractivity contribution >= 4 is 5.91 Å². The molecule has 1 amide bonds. The maximum absolute atomic E-state index is 12.5. The Morgan fingerprint density at radius 1 is 1.05 bits per heavy atom. The maximum Gasteiger partial charge on any atom is 0.471 e. The molecule has 0 radical (unpaired) electrons. The number of carbonyl (C=O) groups excluding carboxylic acids is 1. The van der Waals surface area contributed by atoms with Crippen LogP contribution in [0.4, 0.5) is 26.3 Å². The van der Waals surface area contributed by atoms with Crippen LogP contribution < -0.4 is 5.32 Å². The fourth-order valence-corrected chi connectivity index (χ4v) is 2.53. The van der Waals surface area contributed by atoms with Gasteiger partial charge >= 0.3 is 18.3 Å². The fourth-order valence-electron chi connectivity index (χ4n) is 2.53. The molecule has 2 nitrogen and oxygen atoms in total. The van der Waals surface area contributed by atoms with Crippen LogP contribution in [-0.2, 0) is 16.4 Å². The molecule has 0 saturated heterocycles. The van der Waals surface area contributed by atoms with Gasteiger partial charge in [-0.15, -0.1) is 0 Å². The zero-order valence-corrected chi connectivity index (χ0v) is 11.3. The van der Waals surface area contributed by atoms with Crippen LogP contribution in [0.5, 0.6) is 0 Å². The van der Waals surface area contributed by atoms with Gasteiger partial charge in [-0.05, 0) is 30.5 Å². The summed E-state index contributed by atoms with van der Waals surface area (Å²) in [6.45, 7) is -0.239. The second kappa shape index (κ2) is 5.48. The molecule has 1 N–H and O–H groups in total.